The average molecular weight is 318 g/mol. The molecule has 1 aromatic rings. The molecule has 0 amide bonds. The molecule has 0 radical (unpaired) electrons. The van der Waals surface area contributed by atoms with Crippen molar-refractivity contribution in [3.63, 3.8) is 0 Å². The first-order chi connectivity index (χ1) is 9.61. The summed E-state index contributed by atoms with van der Waals surface area (Å²) in [5.74, 6) is 1.18. The van der Waals surface area contributed by atoms with Crippen LogP contribution in [-0.2, 0) is 13.6 Å². The predicted molar refractivity (Wildman–Crippen MR) is 83.8 cm³/mol. The Bertz CT molecular complexity index is 429. The van der Waals surface area contributed by atoms with E-state index in [9.17, 15) is 9.67 Å². The second kappa shape index (κ2) is 9.46. The Balaban J connectivity index is 2.27. The summed E-state index contributed by atoms with van der Waals surface area (Å²) in [5, 5.41) is 9.63. The molecule has 0 saturated heterocycles. The van der Waals surface area contributed by atoms with Crippen LogP contribution in [0.5, 0.6) is 5.75 Å². The van der Waals surface area contributed by atoms with Gasteiger partial charge in [-0.15, -0.1) is 11.8 Å². The molecular weight excluding hydrogens is 295 g/mol. The second-order valence-corrected chi connectivity index (χ2v) is 7.52. The first-order valence-corrected chi connectivity index (χ1v) is 9.61. The van der Waals surface area contributed by atoms with Crippen LogP contribution in [0.4, 0.5) is 0 Å². The number of benzene rings is 1. The van der Waals surface area contributed by atoms with E-state index < -0.39 is 7.60 Å². The van der Waals surface area contributed by atoms with Crippen molar-refractivity contribution < 1.29 is 18.7 Å². The Morgan fingerprint density at radius 2 is 1.80 bits per heavy atom. The number of aromatic hydroxyl groups is 1. The Morgan fingerprint density at radius 3 is 2.40 bits per heavy atom. The summed E-state index contributed by atoms with van der Waals surface area (Å²) in [6, 6.07) is 7.28. The summed E-state index contributed by atoms with van der Waals surface area (Å²) in [7, 11) is -2.90. The fourth-order valence-corrected chi connectivity index (χ4v) is 4.42. The average Bonchev–Trinajstić information content (AvgIpc) is 2.41. The number of phenolic OH excluding ortho intramolecular Hbond substituents is 1. The van der Waals surface area contributed by atoms with Gasteiger partial charge in [0.1, 0.15) is 5.75 Å². The molecule has 20 heavy (non-hydrogen) atoms. The highest BCUT2D eigenvalue weighted by molar-refractivity contribution is 7.99. The summed E-state index contributed by atoms with van der Waals surface area (Å²) in [5.41, 5.74) is 0. The van der Waals surface area contributed by atoms with E-state index in [0.717, 1.165) is 23.5 Å². The molecule has 4 nitrogen and oxygen atoms in total. The van der Waals surface area contributed by atoms with E-state index in [0.29, 0.717) is 25.1 Å². The molecule has 0 aromatic heterocycles. The van der Waals surface area contributed by atoms with Crippen molar-refractivity contribution in [1.29, 1.82) is 0 Å². The van der Waals surface area contributed by atoms with Crippen molar-refractivity contribution >= 4 is 19.4 Å². The van der Waals surface area contributed by atoms with E-state index in [-0.39, 0.29) is 0 Å². The zero-order valence-electron chi connectivity index (χ0n) is 12.1. The lowest BCUT2D eigenvalue weighted by atomic mass is 10.3. The third-order valence-corrected chi connectivity index (χ3v) is 5.92. The predicted octanol–water partition coefficient (Wildman–Crippen LogP) is 4.53. The minimum atomic E-state index is -2.90. The number of para-hydroxylation sites is 1. The first-order valence-electron chi connectivity index (χ1n) is 6.90. The number of phenols is 1. The lowest BCUT2D eigenvalue weighted by Gasteiger charge is -2.16. The molecule has 0 heterocycles. The Morgan fingerprint density at radius 1 is 1.15 bits per heavy atom. The lowest BCUT2D eigenvalue weighted by molar-refractivity contribution is 0.219. The molecule has 0 saturated carbocycles. The van der Waals surface area contributed by atoms with Crippen LogP contribution in [0.3, 0.4) is 0 Å². The lowest BCUT2D eigenvalue weighted by Crippen LogP contribution is -2.00. The normalized spacial score (nSPS) is 11.7. The van der Waals surface area contributed by atoms with Crippen molar-refractivity contribution in [2.75, 3.05) is 25.1 Å². The highest BCUT2D eigenvalue weighted by Crippen LogP contribution is 2.48. The number of hydrogen-bond donors (Lipinski definition) is 1. The van der Waals surface area contributed by atoms with Crippen molar-refractivity contribution in [1.82, 2.24) is 0 Å². The maximum Gasteiger partial charge on any atom is 0.330 e. The molecular formula is C14H23O4PS. The summed E-state index contributed by atoms with van der Waals surface area (Å²) >= 11 is 1.60. The maximum atomic E-state index is 12.2. The van der Waals surface area contributed by atoms with Crippen LogP contribution in [-0.4, -0.2) is 30.2 Å². The summed E-state index contributed by atoms with van der Waals surface area (Å²) in [4.78, 5) is 0.880. The number of rotatable bonds is 10. The van der Waals surface area contributed by atoms with Gasteiger partial charge in [0.25, 0.3) is 0 Å². The second-order valence-electron chi connectivity index (χ2n) is 4.19. The third-order valence-electron chi connectivity index (χ3n) is 2.60. The first kappa shape index (κ1) is 17.6. The number of thioether (sulfide) groups is 1. The SMILES string of the molecule is CCOP(=O)(CCCCSc1ccccc1O)OCC. The topological polar surface area (TPSA) is 55.8 Å². The van der Waals surface area contributed by atoms with E-state index in [1.54, 1.807) is 23.9 Å². The van der Waals surface area contributed by atoms with Crippen LogP contribution in [0, 0.1) is 0 Å². The van der Waals surface area contributed by atoms with Crippen molar-refractivity contribution in [2.45, 2.75) is 31.6 Å². The van der Waals surface area contributed by atoms with Gasteiger partial charge in [0.05, 0.1) is 19.4 Å². The molecule has 1 rings (SSSR count). The quantitative estimate of drug-likeness (QED) is 0.390. The molecule has 114 valence electrons. The fraction of sp³-hybridized carbons (Fsp3) is 0.571. The molecule has 6 heteroatoms. The van der Waals surface area contributed by atoms with Crippen LogP contribution in [0.2, 0.25) is 0 Å². The van der Waals surface area contributed by atoms with Gasteiger partial charge in [-0.25, -0.2) is 0 Å². The van der Waals surface area contributed by atoms with Crippen molar-refractivity contribution in [2.24, 2.45) is 0 Å². The number of hydrogen-bond acceptors (Lipinski definition) is 5. The molecule has 0 aliphatic carbocycles. The highest BCUT2D eigenvalue weighted by Gasteiger charge is 2.22. The van der Waals surface area contributed by atoms with Gasteiger partial charge in [0.2, 0.25) is 0 Å². The minimum Gasteiger partial charge on any atom is -0.507 e. The summed E-state index contributed by atoms with van der Waals surface area (Å²) < 4.78 is 22.7. The Kier molecular flexibility index (Phi) is 8.31. The van der Waals surface area contributed by atoms with E-state index in [2.05, 4.69) is 0 Å². The van der Waals surface area contributed by atoms with Crippen LogP contribution >= 0.6 is 19.4 Å². The minimum absolute atomic E-state index is 0.312. The van der Waals surface area contributed by atoms with Crippen molar-refractivity contribution in [3.8, 4) is 5.75 Å². The van der Waals surface area contributed by atoms with Gasteiger partial charge in [0.15, 0.2) is 0 Å². The molecule has 0 bridgehead atoms. The van der Waals surface area contributed by atoms with Crippen LogP contribution < -0.4 is 0 Å². The van der Waals surface area contributed by atoms with Gasteiger partial charge in [-0.3, -0.25) is 4.57 Å². The summed E-state index contributed by atoms with van der Waals surface area (Å²) in [6.45, 7) is 4.45. The summed E-state index contributed by atoms with van der Waals surface area (Å²) in [6.07, 6.45) is 2.15. The van der Waals surface area contributed by atoms with Gasteiger partial charge in [-0.2, -0.15) is 0 Å². The zero-order chi connectivity index (χ0) is 14.8. The molecule has 0 aliphatic rings. The smallest absolute Gasteiger partial charge is 0.330 e. The van der Waals surface area contributed by atoms with E-state index in [1.165, 1.54) is 0 Å². The van der Waals surface area contributed by atoms with Gasteiger partial charge < -0.3 is 14.2 Å². The molecule has 0 unspecified atom stereocenters. The van der Waals surface area contributed by atoms with Crippen molar-refractivity contribution in [3.05, 3.63) is 24.3 Å². The van der Waals surface area contributed by atoms with E-state index in [4.69, 9.17) is 9.05 Å². The van der Waals surface area contributed by atoms with E-state index in [1.807, 2.05) is 26.0 Å². The molecule has 0 aliphatic heterocycles. The van der Waals surface area contributed by atoms with Crippen LogP contribution in [0.1, 0.15) is 26.7 Å². The number of unbranched alkanes of at least 4 members (excludes halogenated alkanes) is 1. The maximum absolute atomic E-state index is 12.2. The molecule has 1 N–H and O–H groups in total. The fourth-order valence-electron chi connectivity index (χ4n) is 1.73. The molecule has 1 aromatic carbocycles. The zero-order valence-corrected chi connectivity index (χ0v) is 13.8. The van der Waals surface area contributed by atoms with Gasteiger partial charge >= 0.3 is 7.60 Å². The Labute approximate surface area is 125 Å². The molecule has 0 fully saturated rings. The van der Waals surface area contributed by atoms with Gasteiger partial charge in [-0.1, -0.05) is 12.1 Å². The van der Waals surface area contributed by atoms with Gasteiger partial charge in [-0.05, 0) is 44.6 Å². The standard InChI is InChI=1S/C14H23O4PS/c1-3-17-19(16,18-4-2)11-7-8-12-20-14-10-6-5-9-13(14)15/h5-6,9-10,15H,3-4,7-8,11-12H2,1-2H3. The van der Waals surface area contributed by atoms with Crippen LogP contribution in [0.25, 0.3) is 0 Å². The van der Waals surface area contributed by atoms with E-state index >= 15 is 0 Å². The van der Waals surface area contributed by atoms with Crippen LogP contribution in [0.15, 0.2) is 29.2 Å². The molecule has 0 atom stereocenters. The Hall–Kier alpha value is -0.480. The monoisotopic (exact) mass is 318 g/mol. The largest absolute Gasteiger partial charge is 0.507 e. The molecule has 0 spiro atoms. The third kappa shape index (κ3) is 6.31. The van der Waals surface area contributed by atoms with Gasteiger partial charge in [0, 0.05) is 4.90 Å². The highest BCUT2D eigenvalue weighted by atomic mass is 32.2.